The third-order valence-corrected chi connectivity index (χ3v) is 4.89. The number of aromatic nitrogens is 1. The molecule has 1 aromatic heterocycles. The minimum Gasteiger partial charge on any atom is -0.441 e. The number of ether oxygens (including phenoxy) is 1. The zero-order valence-electron chi connectivity index (χ0n) is 15.7. The fourth-order valence-corrected chi connectivity index (χ4v) is 3.36. The predicted octanol–water partition coefficient (Wildman–Crippen LogP) is 4.15. The summed E-state index contributed by atoms with van der Waals surface area (Å²) in [6.45, 7) is 1.53. The molecule has 2 heterocycles. The topological polar surface area (TPSA) is 55.6 Å². The molecule has 1 fully saturated rings. The second kappa shape index (κ2) is 8.53. The van der Waals surface area contributed by atoms with E-state index in [9.17, 15) is 13.6 Å². The first-order valence-corrected chi connectivity index (χ1v) is 9.44. The van der Waals surface area contributed by atoms with Crippen molar-refractivity contribution in [2.75, 3.05) is 19.7 Å². The van der Waals surface area contributed by atoms with E-state index in [1.54, 1.807) is 4.90 Å². The average Bonchev–Trinajstić information content (AvgIpc) is 3.21. The van der Waals surface area contributed by atoms with E-state index in [1.807, 2.05) is 30.3 Å². The summed E-state index contributed by atoms with van der Waals surface area (Å²) in [4.78, 5) is 18.5. The molecule has 4 rings (SSSR count). The van der Waals surface area contributed by atoms with Gasteiger partial charge in [-0.15, -0.1) is 0 Å². The molecule has 0 spiro atoms. The van der Waals surface area contributed by atoms with Gasteiger partial charge in [0.25, 0.3) is 0 Å². The highest BCUT2D eigenvalue weighted by Gasteiger charge is 2.25. The Morgan fingerprint density at radius 1 is 1.17 bits per heavy atom. The molecule has 1 saturated heterocycles. The Morgan fingerprint density at radius 2 is 2.00 bits per heavy atom. The van der Waals surface area contributed by atoms with Gasteiger partial charge in [-0.05, 0) is 17.7 Å². The Morgan fingerprint density at radius 3 is 2.79 bits per heavy atom. The lowest BCUT2D eigenvalue weighted by Gasteiger charge is -2.33. The van der Waals surface area contributed by atoms with E-state index in [0.717, 1.165) is 17.7 Å². The Bertz CT molecular complexity index is 991. The molecule has 0 bridgehead atoms. The van der Waals surface area contributed by atoms with Crippen LogP contribution in [0, 0.1) is 11.6 Å². The quantitative estimate of drug-likeness (QED) is 0.648. The Labute approximate surface area is 166 Å². The van der Waals surface area contributed by atoms with Crippen LogP contribution in [0.1, 0.15) is 24.0 Å². The van der Waals surface area contributed by atoms with Gasteiger partial charge in [0, 0.05) is 25.5 Å². The Balaban J connectivity index is 1.35. The van der Waals surface area contributed by atoms with Crippen LogP contribution in [0.15, 0.2) is 59.1 Å². The van der Waals surface area contributed by atoms with Gasteiger partial charge in [0.15, 0.2) is 11.7 Å². The zero-order valence-corrected chi connectivity index (χ0v) is 15.7. The highest BCUT2D eigenvalue weighted by Crippen LogP contribution is 2.25. The lowest BCUT2D eigenvalue weighted by Crippen LogP contribution is -2.42. The SMILES string of the molecule is O=C(CCc1ncc(-c2ccc(F)cc2F)o1)N1CCOC(c2ccccc2)C1. The molecule has 5 nitrogen and oxygen atoms in total. The first-order valence-electron chi connectivity index (χ1n) is 9.44. The summed E-state index contributed by atoms with van der Waals surface area (Å²) in [6.07, 6.45) is 1.78. The second-order valence-corrected chi connectivity index (χ2v) is 6.85. The van der Waals surface area contributed by atoms with Crippen molar-refractivity contribution >= 4 is 5.91 Å². The highest BCUT2D eigenvalue weighted by atomic mass is 19.1. The highest BCUT2D eigenvalue weighted by molar-refractivity contribution is 5.76. The minimum atomic E-state index is -0.718. The van der Waals surface area contributed by atoms with Gasteiger partial charge in [-0.3, -0.25) is 4.79 Å². The molecule has 7 heteroatoms. The van der Waals surface area contributed by atoms with Crippen LogP contribution in [-0.4, -0.2) is 35.5 Å². The van der Waals surface area contributed by atoms with E-state index in [0.29, 0.717) is 32.0 Å². The Hall–Kier alpha value is -3.06. The number of oxazole rings is 1. The summed E-state index contributed by atoms with van der Waals surface area (Å²) in [6, 6.07) is 13.1. The van der Waals surface area contributed by atoms with Crippen molar-refractivity contribution < 1.29 is 22.7 Å². The first kappa shape index (κ1) is 19.3. The van der Waals surface area contributed by atoms with Crippen molar-refractivity contribution in [3.63, 3.8) is 0 Å². The first-order chi connectivity index (χ1) is 14.1. The van der Waals surface area contributed by atoms with E-state index in [-0.39, 0.29) is 29.8 Å². The minimum absolute atomic E-state index is 0.0121. The number of halogens is 2. The summed E-state index contributed by atoms with van der Waals surface area (Å²) >= 11 is 0. The van der Waals surface area contributed by atoms with Gasteiger partial charge in [-0.2, -0.15) is 0 Å². The summed E-state index contributed by atoms with van der Waals surface area (Å²) in [5.74, 6) is -0.840. The van der Waals surface area contributed by atoms with Crippen molar-refractivity contribution in [3.05, 3.63) is 77.8 Å². The molecule has 0 N–H and O–H groups in total. The maximum Gasteiger partial charge on any atom is 0.223 e. The molecule has 1 aliphatic rings. The Kier molecular flexibility index (Phi) is 5.67. The van der Waals surface area contributed by atoms with Crippen LogP contribution in [0.2, 0.25) is 0 Å². The number of hydrogen-bond acceptors (Lipinski definition) is 4. The van der Waals surface area contributed by atoms with Crippen LogP contribution >= 0.6 is 0 Å². The molecule has 150 valence electrons. The number of rotatable bonds is 5. The van der Waals surface area contributed by atoms with E-state index in [2.05, 4.69) is 4.98 Å². The van der Waals surface area contributed by atoms with Gasteiger partial charge >= 0.3 is 0 Å². The maximum absolute atomic E-state index is 13.9. The number of hydrogen-bond donors (Lipinski definition) is 0. The number of carbonyl (C=O) groups is 1. The van der Waals surface area contributed by atoms with Crippen molar-refractivity contribution in [1.82, 2.24) is 9.88 Å². The van der Waals surface area contributed by atoms with Crippen LogP contribution < -0.4 is 0 Å². The van der Waals surface area contributed by atoms with Crippen LogP contribution in [0.5, 0.6) is 0 Å². The van der Waals surface area contributed by atoms with Gasteiger partial charge in [-0.25, -0.2) is 13.8 Å². The second-order valence-electron chi connectivity index (χ2n) is 6.85. The number of aryl methyl sites for hydroxylation is 1. The van der Waals surface area contributed by atoms with Gasteiger partial charge in [-0.1, -0.05) is 30.3 Å². The van der Waals surface area contributed by atoms with E-state index in [4.69, 9.17) is 9.15 Å². The van der Waals surface area contributed by atoms with Crippen LogP contribution in [-0.2, 0) is 16.0 Å². The third-order valence-electron chi connectivity index (χ3n) is 4.89. The molecule has 2 aromatic carbocycles. The van der Waals surface area contributed by atoms with Crippen molar-refractivity contribution in [1.29, 1.82) is 0 Å². The fourth-order valence-electron chi connectivity index (χ4n) is 3.36. The molecular formula is C22H20F2N2O3. The van der Waals surface area contributed by atoms with Crippen molar-refractivity contribution in [3.8, 4) is 11.3 Å². The molecule has 3 aromatic rings. The molecule has 0 aliphatic carbocycles. The predicted molar refractivity (Wildman–Crippen MR) is 102 cm³/mol. The molecule has 0 radical (unpaired) electrons. The number of nitrogens with zero attached hydrogens (tertiary/aromatic N) is 2. The molecule has 1 unspecified atom stereocenters. The van der Waals surface area contributed by atoms with Crippen molar-refractivity contribution in [2.24, 2.45) is 0 Å². The standard InChI is InChI=1S/C22H20F2N2O3/c23-16-6-7-17(18(24)12-16)19-13-25-21(29-19)8-9-22(27)26-10-11-28-20(14-26)15-4-2-1-3-5-15/h1-7,12-13,20H,8-11,14H2. The summed E-state index contributed by atoms with van der Waals surface area (Å²) in [5.41, 5.74) is 1.18. The lowest BCUT2D eigenvalue weighted by molar-refractivity contribution is -0.139. The van der Waals surface area contributed by atoms with Gasteiger partial charge in [0.2, 0.25) is 5.91 Å². The number of benzene rings is 2. The average molecular weight is 398 g/mol. The van der Waals surface area contributed by atoms with Crippen LogP contribution in [0.3, 0.4) is 0 Å². The zero-order chi connectivity index (χ0) is 20.2. The maximum atomic E-state index is 13.9. The summed E-state index contributed by atoms with van der Waals surface area (Å²) in [7, 11) is 0. The summed E-state index contributed by atoms with van der Waals surface area (Å²) < 4.78 is 38.3. The molecule has 1 aliphatic heterocycles. The fraction of sp³-hybridized carbons (Fsp3) is 0.273. The molecule has 29 heavy (non-hydrogen) atoms. The van der Waals surface area contributed by atoms with Gasteiger partial charge in [0.1, 0.15) is 17.7 Å². The summed E-state index contributed by atoms with van der Waals surface area (Å²) in [5, 5.41) is 0. The smallest absolute Gasteiger partial charge is 0.223 e. The lowest BCUT2D eigenvalue weighted by atomic mass is 10.1. The number of carbonyl (C=O) groups excluding carboxylic acids is 1. The van der Waals surface area contributed by atoms with Gasteiger partial charge < -0.3 is 14.1 Å². The molecule has 1 amide bonds. The largest absolute Gasteiger partial charge is 0.441 e. The number of morpholine rings is 1. The van der Waals surface area contributed by atoms with Crippen molar-refractivity contribution in [2.45, 2.75) is 18.9 Å². The number of amides is 1. The molecule has 0 saturated carbocycles. The normalized spacial score (nSPS) is 16.8. The van der Waals surface area contributed by atoms with Gasteiger partial charge in [0.05, 0.1) is 24.9 Å². The van der Waals surface area contributed by atoms with E-state index < -0.39 is 11.6 Å². The monoisotopic (exact) mass is 398 g/mol. The van der Waals surface area contributed by atoms with E-state index in [1.165, 1.54) is 12.3 Å². The molecule has 1 atom stereocenters. The van der Waals surface area contributed by atoms with Crippen LogP contribution in [0.25, 0.3) is 11.3 Å². The molecular weight excluding hydrogens is 378 g/mol. The third kappa shape index (κ3) is 4.51. The van der Waals surface area contributed by atoms with Crippen LogP contribution in [0.4, 0.5) is 8.78 Å². The van der Waals surface area contributed by atoms with E-state index >= 15 is 0 Å².